The normalized spacial score (nSPS) is 19.1. The van der Waals surface area contributed by atoms with Crippen LogP contribution >= 0.6 is 11.8 Å². The molecule has 1 fully saturated rings. The van der Waals surface area contributed by atoms with Crippen LogP contribution < -0.4 is 5.32 Å². The number of amides is 1. The topological polar surface area (TPSA) is 136 Å². The number of carboxylic acids is 1. The van der Waals surface area contributed by atoms with Gasteiger partial charge in [-0.2, -0.15) is 0 Å². The third kappa shape index (κ3) is 8.62. The first-order valence-corrected chi connectivity index (χ1v) is 14.0. The number of aryl methyl sites for hydroxylation is 1. The van der Waals surface area contributed by atoms with E-state index in [-0.39, 0.29) is 31.1 Å². The van der Waals surface area contributed by atoms with Gasteiger partial charge in [-0.05, 0) is 36.1 Å². The van der Waals surface area contributed by atoms with Gasteiger partial charge in [0.2, 0.25) is 5.91 Å². The Morgan fingerprint density at radius 1 is 1.08 bits per heavy atom. The Labute approximate surface area is 231 Å². The fraction of sp³-hybridized carbons (Fsp3) is 0.429. The number of ether oxygens (including phenoxy) is 2. The van der Waals surface area contributed by atoms with E-state index in [9.17, 15) is 14.7 Å². The lowest BCUT2D eigenvalue weighted by atomic mass is 10.0. The summed E-state index contributed by atoms with van der Waals surface area (Å²) in [5.41, 5.74) is 3.28. The van der Waals surface area contributed by atoms with E-state index in [2.05, 4.69) is 15.5 Å². The minimum Gasteiger partial charge on any atom is -0.481 e. The fourth-order valence-electron chi connectivity index (χ4n) is 4.32. The molecule has 0 unspecified atom stereocenters. The maximum Gasteiger partial charge on any atom is 0.303 e. The third-order valence-corrected chi connectivity index (χ3v) is 7.59. The molecular weight excluding hydrogens is 520 g/mol. The van der Waals surface area contributed by atoms with Crippen molar-refractivity contribution in [3.8, 4) is 0 Å². The van der Waals surface area contributed by atoms with Gasteiger partial charge in [0.15, 0.2) is 11.4 Å². The number of nitrogens with one attached hydrogen (secondary N) is 1. The molecule has 1 saturated heterocycles. The fourth-order valence-corrected chi connectivity index (χ4v) is 5.22. The van der Waals surface area contributed by atoms with Crippen molar-refractivity contribution in [3.05, 3.63) is 71.5 Å². The summed E-state index contributed by atoms with van der Waals surface area (Å²) < 4.78 is 14.6. The molecule has 1 aliphatic heterocycles. The minimum atomic E-state index is -0.817. The molecule has 10 nitrogen and oxygen atoms in total. The number of aromatic nitrogens is 3. The standard InChI is InChI=1S/C28H34N4O6S/c1-32-18-29-31-28(32)39-17-23-15-24(20-12-10-19(16-33)11-13-20)38-27(37-23)21-6-5-7-22(14-21)30-25(34)8-3-2-4-9-26(35)36/h5-7,10-14,18,23-24,27,33H,2-4,8-9,15-17H2,1H3,(H,30,34)(H,35,36)/t23-,24+,27+/m0/s1. The lowest BCUT2D eigenvalue weighted by Crippen LogP contribution is -2.31. The van der Waals surface area contributed by atoms with E-state index in [0.717, 1.165) is 21.8 Å². The third-order valence-electron chi connectivity index (χ3n) is 6.42. The average Bonchev–Trinajstić information content (AvgIpc) is 3.36. The zero-order valence-electron chi connectivity index (χ0n) is 21.9. The summed E-state index contributed by atoms with van der Waals surface area (Å²) >= 11 is 1.57. The molecule has 0 spiro atoms. The molecule has 0 aliphatic carbocycles. The van der Waals surface area contributed by atoms with E-state index >= 15 is 0 Å². The Morgan fingerprint density at radius 2 is 1.87 bits per heavy atom. The van der Waals surface area contributed by atoms with Gasteiger partial charge in [-0.25, -0.2) is 0 Å². The molecule has 3 aromatic rings. The van der Waals surface area contributed by atoms with Crippen LogP contribution in [0.15, 0.2) is 60.0 Å². The summed E-state index contributed by atoms with van der Waals surface area (Å²) in [6.45, 7) is -0.0185. The number of hydrogen-bond donors (Lipinski definition) is 3. The van der Waals surface area contributed by atoms with E-state index in [4.69, 9.17) is 14.6 Å². The summed E-state index contributed by atoms with van der Waals surface area (Å²) in [4.78, 5) is 23.1. The Kier molecular flexibility index (Phi) is 10.5. The van der Waals surface area contributed by atoms with Crippen LogP contribution in [0.3, 0.4) is 0 Å². The van der Waals surface area contributed by atoms with E-state index in [1.165, 1.54) is 0 Å². The van der Waals surface area contributed by atoms with Crippen LogP contribution in [-0.4, -0.2) is 48.7 Å². The summed E-state index contributed by atoms with van der Waals surface area (Å²) in [6, 6.07) is 15.2. The number of benzene rings is 2. The van der Waals surface area contributed by atoms with Crippen molar-refractivity contribution in [1.82, 2.24) is 14.8 Å². The smallest absolute Gasteiger partial charge is 0.303 e. The number of hydrogen-bond acceptors (Lipinski definition) is 8. The largest absolute Gasteiger partial charge is 0.481 e. The summed E-state index contributed by atoms with van der Waals surface area (Å²) in [5.74, 6) is -0.273. The zero-order valence-corrected chi connectivity index (χ0v) is 22.7. The van der Waals surface area contributed by atoms with Crippen LogP contribution in [-0.2, 0) is 32.7 Å². The van der Waals surface area contributed by atoms with Crippen molar-refractivity contribution >= 4 is 29.3 Å². The summed E-state index contributed by atoms with van der Waals surface area (Å²) in [5, 5.41) is 30.0. The number of nitrogens with zero attached hydrogens (tertiary/aromatic N) is 3. The molecule has 0 bridgehead atoms. The zero-order chi connectivity index (χ0) is 27.6. The van der Waals surface area contributed by atoms with Crippen LogP contribution in [0.4, 0.5) is 5.69 Å². The van der Waals surface area contributed by atoms with Gasteiger partial charge in [0.1, 0.15) is 6.33 Å². The number of unbranched alkanes of at least 4 members (excludes halogenated alkanes) is 2. The maximum atomic E-state index is 12.4. The van der Waals surface area contributed by atoms with E-state index < -0.39 is 12.3 Å². The monoisotopic (exact) mass is 554 g/mol. The quantitative estimate of drug-likeness (QED) is 0.204. The number of carbonyl (C=O) groups excluding carboxylic acids is 1. The van der Waals surface area contributed by atoms with Crippen LogP contribution in [0, 0.1) is 0 Å². The second-order valence-electron chi connectivity index (χ2n) is 9.51. The molecule has 1 aliphatic rings. The highest BCUT2D eigenvalue weighted by Gasteiger charge is 2.32. The Bertz CT molecular complexity index is 1230. The first-order valence-electron chi connectivity index (χ1n) is 13.0. The molecule has 2 aromatic carbocycles. The van der Waals surface area contributed by atoms with Crippen molar-refractivity contribution in [3.63, 3.8) is 0 Å². The summed E-state index contributed by atoms with van der Waals surface area (Å²) in [7, 11) is 1.90. The van der Waals surface area contributed by atoms with Crippen molar-refractivity contribution < 1.29 is 29.3 Å². The van der Waals surface area contributed by atoms with E-state index in [1.807, 2.05) is 60.1 Å². The molecule has 4 rings (SSSR count). The number of rotatable bonds is 13. The number of thioether (sulfide) groups is 1. The van der Waals surface area contributed by atoms with Crippen molar-refractivity contribution in [2.45, 2.75) is 68.8 Å². The SMILES string of the molecule is Cn1cnnc1SC[C@@H]1C[C@H](c2ccc(CO)cc2)O[C@H](c2cccc(NC(=O)CCCCCC(=O)O)c2)O1. The average molecular weight is 555 g/mol. The van der Waals surface area contributed by atoms with Crippen LogP contribution in [0.2, 0.25) is 0 Å². The maximum absolute atomic E-state index is 12.4. The van der Waals surface area contributed by atoms with Crippen molar-refractivity contribution in [1.29, 1.82) is 0 Å². The highest BCUT2D eigenvalue weighted by molar-refractivity contribution is 7.99. The lowest BCUT2D eigenvalue weighted by molar-refractivity contribution is -0.245. The molecule has 2 heterocycles. The molecule has 11 heteroatoms. The Hall–Kier alpha value is -3.25. The van der Waals surface area contributed by atoms with Crippen molar-refractivity contribution in [2.75, 3.05) is 11.1 Å². The number of carboxylic acid groups (broad SMARTS) is 1. The molecule has 0 radical (unpaired) electrons. The van der Waals surface area contributed by atoms with Gasteiger partial charge in [-0.3, -0.25) is 9.59 Å². The predicted molar refractivity (Wildman–Crippen MR) is 146 cm³/mol. The molecule has 1 aromatic heterocycles. The van der Waals surface area contributed by atoms with Gasteiger partial charge in [0, 0.05) is 43.3 Å². The molecular formula is C28H34N4O6S. The first-order chi connectivity index (χ1) is 18.9. The van der Waals surface area contributed by atoms with Gasteiger partial charge in [-0.1, -0.05) is 54.6 Å². The molecule has 208 valence electrons. The van der Waals surface area contributed by atoms with Crippen LogP contribution in [0.1, 0.15) is 67.6 Å². The number of aliphatic hydroxyl groups is 1. The number of aliphatic hydroxyl groups excluding tert-OH is 1. The Balaban J connectivity index is 1.43. The summed E-state index contributed by atoms with van der Waals surface area (Å²) in [6.07, 6.45) is 3.67. The second-order valence-corrected chi connectivity index (χ2v) is 10.5. The van der Waals surface area contributed by atoms with Gasteiger partial charge in [0.05, 0.1) is 18.8 Å². The second kappa shape index (κ2) is 14.2. The predicted octanol–water partition coefficient (Wildman–Crippen LogP) is 4.62. The number of anilines is 1. The van der Waals surface area contributed by atoms with Crippen molar-refractivity contribution in [2.24, 2.45) is 7.05 Å². The molecule has 3 N–H and O–H groups in total. The van der Waals surface area contributed by atoms with E-state index in [0.29, 0.717) is 43.5 Å². The molecule has 1 amide bonds. The molecule has 0 saturated carbocycles. The van der Waals surface area contributed by atoms with Gasteiger partial charge < -0.3 is 29.6 Å². The number of carbonyl (C=O) groups is 2. The first kappa shape index (κ1) is 28.8. The van der Waals surface area contributed by atoms with Gasteiger partial charge >= 0.3 is 5.97 Å². The lowest BCUT2D eigenvalue weighted by Gasteiger charge is -2.36. The molecule has 39 heavy (non-hydrogen) atoms. The minimum absolute atomic E-state index is 0.0185. The van der Waals surface area contributed by atoms with Gasteiger partial charge in [-0.15, -0.1) is 10.2 Å². The Morgan fingerprint density at radius 3 is 2.59 bits per heavy atom. The van der Waals surface area contributed by atoms with Gasteiger partial charge in [0.25, 0.3) is 0 Å². The highest BCUT2D eigenvalue weighted by Crippen LogP contribution is 2.39. The van der Waals surface area contributed by atoms with Crippen LogP contribution in [0.5, 0.6) is 0 Å². The number of aliphatic carboxylic acids is 1. The molecule has 3 atom stereocenters. The highest BCUT2D eigenvalue weighted by atomic mass is 32.2. The van der Waals surface area contributed by atoms with E-state index in [1.54, 1.807) is 18.1 Å². The van der Waals surface area contributed by atoms with Crippen LogP contribution in [0.25, 0.3) is 0 Å².